The molecule has 0 radical (unpaired) electrons. The Kier molecular flexibility index (Phi) is 5.38. The van der Waals surface area contributed by atoms with E-state index in [1.54, 1.807) is 30.3 Å². The smallest absolute Gasteiger partial charge is 0.234 e. The molecule has 4 rings (SSSR count). The lowest BCUT2D eigenvalue weighted by Crippen LogP contribution is -2.14. The van der Waals surface area contributed by atoms with Crippen LogP contribution in [0.4, 0.5) is 10.1 Å². The molecule has 3 aromatic rings. The molecule has 0 atom stereocenters. The molecular formula is C18H16FN5O3S. The van der Waals surface area contributed by atoms with Crippen LogP contribution in [0.1, 0.15) is 6.42 Å². The van der Waals surface area contributed by atoms with E-state index in [0.29, 0.717) is 41.2 Å². The molecule has 8 nitrogen and oxygen atoms in total. The normalized spacial score (nSPS) is 13.0. The van der Waals surface area contributed by atoms with Gasteiger partial charge in [-0.05, 0) is 40.8 Å². The average molecular weight is 401 g/mol. The average Bonchev–Trinajstić information content (AvgIpc) is 3.04. The lowest BCUT2D eigenvalue weighted by molar-refractivity contribution is -0.113. The van der Waals surface area contributed by atoms with Crippen molar-refractivity contribution in [3.8, 4) is 17.2 Å². The van der Waals surface area contributed by atoms with E-state index in [4.69, 9.17) is 9.47 Å². The zero-order chi connectivity index (χ0) is 19.3. The highest BCUT2D eigenvalue weighted by atomic mass is 32.2. The van der Waals surface area contributed by atoms with Crippen LogP contribution in [0.25, 0.3) is 5.69 Å². The lowest BCUT2D eigenvalue weighted by atomic mass is 10.2. The van der Waals surface area contributed by atoms with E-state index in [2.05, 4.69) is 20.8 Å². The third kappa shape index (κ3) is 4.22. The summed E-state index contributed by atoms with van der Waals surface area (Å²) in [5, 5.41) is 14.6. The van der Waals surface area contributed by atoms with Crippen molar-refractivity contribution in [1.29, 1.82) is 0 Å². The van der Waals surface area contributed by atoms with E-state index >= 15 is 0 Å². The highest BCUT2D eigenvalue weighted by molar-refractivity contribution is 7.99. The summed E-state index contributed by atoms with van der Waals surface area (Å²) in [7, 11) is 0. The Balaban J connectivity index is 1.39. The summed E-state index contributed by atoms with van der Waals surface area (Å²) in [5.74, 6) is 0.742. The van der Waals surface area contributed by atoms with Gasteiger partial charge in [-0.2, -0.15) is 4.68 Å². The standard InChI is InChI=1S/C18H16FN5O3S/c19-12-3-1-4-14(9-12)24-18(21-22-23-24)28-11-17(25)20-13-5-6-15-16(10-13)27-8-2-7-26-15/h1,3-6,9-10H,2,7-8,11H2,(H,20,25). The lowest BCUT2D eigenvalue weighted by Gasteiger charge is -2.10. The van der Waals surface area contributed by atoms with Gasteiger partial charge in [0.2, 0.25) is 11.1 Å². The van der Waals surface area contributed by atoms with Crippen LogP contribution in [0.5, 0.6) is 11.5 Å². The van der Waals surface area contributed by atoms with Crippen LogP contribution in [0, 0.1) is 5.82 Å². The van der Waals surface area contributed by atoms with Crippen molar-refractivity contribution in [3.05, 3.63) is 48.3 Å². The molecule has 2 heterocycles. The zero-order valence-electron chi connectivity index (χ0n) is 14.7. The topological polar surface area (TPSA) is 91.2 Å². The molecule has 28 heavy (non-hydrogen) atoms. The molecule has 1 aliphatic rings. The van der Waals surface area contributed by atoms with Crippen molar-refractivity contribution in [1.82, 2.24) is 20.2 Å². The molecule has 1 aromatic heterocycles. The third-order valence-corrected chi connectivity index (χ3v) is 4.78. The summed E-state index contributed by atoms with van der Waals surface area (Å²) in [6, 6.07) is 11.2. The molecule has 0 saturated carbocycles. The number of tetrazole rings is 1. The maximum Gasteiger partial charge on any atom is 0.234 e. The number of fused-ring (bicyclic) bond motifs is 1. The van der Waals surface area contributed by atoms with Crippen LogP contribution >= 0.6 is 11.8 Å². The summed E-state index contributed by atoms with van der Waals surface area (Å²) in [6.45, 7) is 1.18. The number of benzene rings is 2. The second-order valence-electron chi connectivity index (χ2n) is 5.90. The minimum Gasteiger partial charge on any atom is -0.490 e. The summed E-state index contributed by atoms with van der Waals surface area (Å²) < 4.78 is 26.0. The van der Waals surface area contributed by atoms with Gasteiger partial charge in [0.25, 0.3) is 0 Å². The van der Waals surface area contributed by atoms with Crippen LogP contribution in [0.2, 0.25) is 0 Å². The number of carbonyl (C=O) groups is 1. The van der Waals surface area contributed by atoms with Gasteiger partial charge in [-0.1, -0.05) is 17.8 Å². The maximum absolute atomic E-state index is 13.4. The van der Waals surface area contributed by atoms with Gasteiger partial charge in [-0.25, -0.2) is 4.39 Å². The number of halogens is 1. The number of carbonyl (C=O) groups excluding carboxylic acids is 1. The van der Waals surface area contributed by atoms with Gasteiger partial charge in [0.15, 0.2) is 11.5 Å². The Morgan fingerprint density at radius 1 is 1.18 bits per heavy atom. The molecule has 0 aliphatic carbocycles. The zero-order valence-corrected chi connectivity index (χ0v) is 15.5. The fourth-order valence-electron chi connectivity index (χ4n) is 2.61. The van der Waals surface area contributed by atoms with E-state index in [9.17, 15) is 9.18 Å². The Morgan fingerprint density at radius 3 is 2.89 bits per heavy atom. The molecule has 1 amide bonds. The molecule has 1 aliphatic heterocycles. The summed E-state index contributed by atoms with van der Waals surface area (Å²) in [4.78, 5) is 12.3. The van der Waals surface area contributed by atoms with Gasteiger partial charge in [-0.3, -0.25) is 4.79 Å². The Bertz CT molecular complexity index is 997. The molecule has 0 unspecified atom stereocenters. The minimum atomic E-state index is -0.392. The quantitative estimate of drug-likeness (QED) is 0.657. The van der Waals surface area contributed by atoms with Crippen LogP contribution in [0.3, 0.4) is 0 Å². The minimum absolute atomic E-state index is 0.0874. The SMILES string of the molecule is O=C(CSc1nnnn1-c1cccc(F)c1)Nc1ccc2c(c1)OCCCO2. The first-order valence-electron chi connectivity index (χ1n) is 8.56. The largest absolute Gasteiger partial charge is 0.490 e. The van der Waals surface area contributed by atoms with E-state index in [-0.39, 0.29) is 11.7 Å². The van der Waals surface area contributed by atoms with Crippen LogP contribution in [0.15, 0.2) is 47.6 Å². The van der Waals surface area contributed by atoms with E-state index in [0.717, 1.165) is 18.2 Å². The van der Waals surface area contributed by atoms with E-state index < -0.39 is 5.82 Å². The number of hydrogen-bond acceptors (Lipinski definition) is 7. The number of ether oxygens (including phenoxy) is 2. The van der Waals surface area contributed by atoms with Gasteiger partial charge in [0.05, 0.1) is 24.7 Å². The molecule has 0 bridgehead atoms. The molecule has 10 heteroatoms. The first-order chi connectivity index (χ1) is 13.7. The van der Waals surface area contributed by atoms with Crippen molar-refractivity contribution in [2.75, 3.05) is 24.3 Å². The molecule has 2 aromatic carbocycles. The number of rotatable bonds is 5. The second kappa shape index (κ2) is 8.26. The van der Waals surface area contributed by atoms with Crippen molar-refractivity contribution >= 4 is 23.4 Å². The number of nitrogens with one attached hydrogen (secondary N) is 1. The molecule has 0 spiro atoms. The Hall–Kier alpha value is -3.14. The molecule has 0 saturated heterocycles. The Labute approximate surface area is 164 Å². The number of aromatic nitrogens is 4. The molecule has 1 N–H and O–H groups in total. The van der Waals surface area contributed by atoms with Gasteiger partial charge < -0.3 is 14.8 Å². The van der Waals surface area contributed by atoms with Gasteiger partial charge in [0.1, 0.15) is 5.82 Å². The van der Waals surface area contributed by atoms with Crippen molar-refractivity contribution in [2.45, 2.75) is 11.6 Å². The van der Waals surface area contributed by atoms with Crippen molar-refractivity contribution in [3.63, 3.8) is 0 Å². The first kappa shape index (κ1) is 18.2. The van der Waals surface area contributed by atoms with Crippen LogP contribution in [-0.4, -0.2) is 45.1 Å². The van der Waals surface area contributed by atoms with Crippen molar-refractivity contribution in [2.24, 2.45) is 0 Å². The fraction of sp³-hybridized carbons (Fsp3) is 0.222. The molecule has 0 fully saturated rings. The number of hydrogen-bond donors (Lipinski definition) is 1. The molecular weight excluding hydrogens is 385 g/mol. The number of thioether (sulfide) groups is 1. The number of amides is 1. The predicted octanol–water partition coefficient (Wildman–Crippen LogP) is 2.69. The number of anilines is 1. The summed E-state index contributed by atoms with van der Waals surface area (Å²) >= 11 is 1.15. The summed E-state index contributed by atoms with van der Waals surface area (Å²) in [5.41, 5.74) is 1.09. The summed E-state index contributed by atoms with van der Waals surface area (Å²) in [6.07, 6.45) is 0.813. The highest BCUT2D eigenvalue weighted by Gasteiger charge is 2.14. The van der Waals surface area contributed by atoms with Gasteiger partial charge in [-0.15, -0.1) is 5.10 Å². The van der Waals surface area contributed by atoms with Crippen LogP contribution < -0.4 is 14.8 Å². The highest BCUT2D eigenvalue weighted by Crippen LogP contribution is 2.32. The monoisotopic (exact) mass is 401 g/mol. The fourth-order valence-corrected chi connectivity index (χ4v) is 3.30. The van der Waals surface area contributed by atoms with E-state index in [1.165, 1.54) is 16.8 Å². The third-order valence-electron chi connectivity index (χ3n) is 3.86. The predicted molar refractivity (Wildman–Crippen MR) is 101 cm³/mol. The van der Waals surface area contributed by atoms with Crippen LogP contribution in [-0.2, 0) is 4.79 Å². The molecule has 144 valence electrons. The second-order valence-corrected chi connectivity index (χ2v) is 6.84. The van der Waals surface area contributed by atoms with Gasteiger partial charge >= 0.3 is 0 Å². The van der Waals surface area contributed by atoms with E-state index in [1.807, 2.05) is 0 Å². The Morgan fingerprint density at radius 2 is 2.04 bits per heavy atom. The number of nitrogens with zero attached hydrogens (tertiary/aromatic N) is 4. The van der Waals surface area contributed by atoms with Gasteiger partial charge in [0, 0.05) is 18.2 Å². The first-order valence-corrected chi connectivity index (χ1v) is 9.54. The maximum atomic E-state index is 13.4. The van der Waals surface area contributed by atoms with Crippen molar-refractivity contribution < 1.29 is 18.7 Å².